The van der Waals surface area contributed by atoms with Crippen molar-refractivity contribution in [3.05, 3.63) is 34.9 Å². The van der Waals surface area contributed by atoms with Gasteiger partial charge in [0, 0.05) is 19.2 Å². The van der Waals surface area contributed by atoms with Gasteiger partial charge in [-0.3, -0.25) is 0 Å². The van der Waals surface area contributed by atoms with Crippen molar-refractivity contribution in [2.24, 2.45) is 0 Å². The summed E-state index contributed by atoms with van der Waals surface area (Å²) in [7, 11) is 3.25. The molecule has 11 heavy (non-hydrogen) atoms. The average molecular weight is 173 g/mol. The molecule has 0 aromatic heterocycles. The van der Waals surface area contributed by atoms with Gasteiger partial charge in [-0.1, -0.05) is 29.3 Å². The Labute approximate surface area is 72.9 Å². The van der Waals surface area contributed by atoms with Crippen molar-refractivity contribution in [3.63, 3.8) is 0 Å². The van der Waals surface area contributed by atoms with Gasteiger partial charge in [0.2, 0.25) is 0 Å². The number of halogens is 1. The van der Waals surface area contributed by atoms with Gasteiger partial charge in [-0.2, -0.15) is 0 Å². The molecule has 0 unspecified atom stereocenters. The Bertz CT molecular complexity index is 160. The van der Waals surface area contributed by atoms with E-state index >= 15 is 0 Å². The Hall–Kier alpha value is -0.530. The van der Waals surface area contributed by atoms with Crippen molar-refractivity contribution < 1.29 is 4.74 Å². The van der Waals surface area contributed by atoms with Crippen LogP contribution in [0, 0.1) is 6.92 Å². The van der Waals surface area contributed by atoms with E-state index in [9.17, 15) is 0 Å². The van der Waals surface area contributed by atoms with Crippen molar-refractivity contribution in [2.45, 2.75) is 6.92 Å². The van der Waals surface area contributed by atoms with Gasteiger partial charge in [0.1, 0.15) is 0 Å². The third kappa shape index (κ3) is 5.89. The predicted molar refractivity (Wildman–Crippen MR) is 49.1 cm³/mol. The third-order valence-corrected chi connectivity index (χ3v) is 1.26. The molecule has 0 heterocycles. The Kier molecular flexibility index (Phi) is 5.90. The van der Waals surface area contributed by atoms with Gasteiger partial charge in [-0.15, -0.1) is 0 Å². The fourth-order valence-corrected chi connectivity index (χ4v) is 0.659. The van der Waals surface area contributed by atoms with Crippen molar-refractivity contribution in [1.29, 1.82) is 0 Å². The number of hydrogen-bond acceptors (Lipinski definition) is 1. The van der Waals surface area contributed by atoms with E-state index in [2.05, 4.69) is 4.74 Å². The van der Waals surface area contributed by atoms with Gasteiger partial charge in [0.15, 0.2) is 0 Å². The summed E-state index contributed by atoms with van der Waals surface area (Å²) in [6.07, 6.45) is 0. The fraction of sp³-hybridized carbons (Fsp3) is 0.333. The fourth-order valence-electron chi connectivity index (χ4n) is 0.533. The molecule has 1 aromatic carbocycles. The highest BCUT2D eigenvalue weighted by Gasteiger charge is 1.81. The molecule has 0 saturated carbocycles. The number of rotatable bonds is 0. The molecule has 1 nitrogen and oxygen atoms in total. The van der Waals surface area contributed by atoms with Crippen LogP contribution in [0.3, 0.4) is 0 Å². The SMILES string of the molecule is COC.Cc1ccc(Cl)cc1. The average Bonchev–Trinajstić information content (AvgIpc) is 1.97. The summed E-state index contributed by atoms with van der Waals surface area (Å²) < 4.78 is 4.25. The largest absolute Gasteiger partial charge is 0.388 e. The summed E-state index contributed by atoms with van der Waals surface area (Å²) in [4.78, 5) is 0. The second-order valence-corrected chi connectivity index (χ2v) is 2.64. The lowest BCUT2D eigenvalue weighted by molar-refractivity contribution is 0.277. The summed E-state index contributed by atoms with van der Waals surface area (Å²) in [5.41, 5.74) is 1.24. The monoisotopic (exact) mass is 172 g/mol. The lowest BCUT2D eigenvalue weighted by Gasteiger charge is -1.88. The van der Waals surface area contributed by atoms with Crippen LogP contribution in [0.2, 0.25) is 5.02 Å². The molecular formula is C9H13ClO. The zero-order chi connectivity index (χ0) is 8.69. The topological polar surface area (TPSA) is 9.23 Å². The first-order valence-corrected chi connectivity index (χ1v) is 3.70. The molecular weight excluding hydrogens is 160 g/mol. The predicted octanol–water partition coefficient (Wildman–Crippen LogP) is 2.91. The molecule has 0 aliphatic heterocycles. The Morgan fingerprint density at radius 3 is 1.73 bits per heavy atom. The Morgan fingerprint density at radius 2 is 1.45 bits per heavy atom. The summed E-state index contributed by atoms with van der Waals surface area (Å²) in [5, 5.41) is 0.801. The number of hydrogen-bond donors (Lipinski definition) is 0. The maximum absolute atomic E-state index is 5.61. The van der Waals surface area contributed by atoms with E-state index in [-0.39, 0.29) is 0 Å². The van der Waals surface area contributed by atoms with Crippen LogP contribution in [0.4, 0.5) is 0 Å². The second-order valence-electron chi connectivity index (χ2n) is 2.20. The molecule has 0 amide bonds. The number of ether oxygens (including phenoxy) is 1. The normalized spacial score (nSPS) is 8.36. The van der Waals surface area contributed by atoms with Crippen LogP contribution in [0.25, 0.3) is 0 Å². The molecule has 62 valence electrons. The minimum absolute atomic E-state index is 0.801. The van der Waals surface area contributed by atoms with E-state index in [0.717, 1.165) is 5.02 Å². The first kappa shape index (κ1) is 10.5. The van der Waals surface area contributed by atoms with E-state index in [4.69, 9.17) is 11.6 Å². The van der Waals surface area contributed by atoms with E-state index in [1.807, 2.05) is 31.2 Å². The minimum Gasteiger partial charge on any atom is -0.388 e. The smallest absolute Gasteiger partial charge is 0.0406 e. The molecule has 0 saturated heterocycles. The highest BCUT2D eigenvalue weighted by Crippen LogP contribution is 2.07. The molecule has 0 aliphatic rings. The zero-order valence-electron chi connectivity index (χ0n) is 7.10. The number of aryl methyl sites for hydroxylation is 1. The minimum atomic E-state index is 0.801. The second kappa shape index (κ2) is 6.20. The van der Waals surface area contributed by atoms with Crippen molar-refractivity contribution >= 4 is 11.6 Å². The van der Waals surface area contributed by atoms with E-state index in [0.29, 0.717) is 0 Å². The van der Waals surface area contributed by atoms with Crippen LogP contribution < -0.4 is 0 Å². The van der Waals surface area contributed by atoms with Crippen LogP contribution in [0.1, 0.15) is 5.56 Å². The van der Waals surface area contributed by atoms with Crippen LogP contribution in [-0.4, -0.2) is 14.2 Å². The number of methoxy groups -OCH3 is 1. The lowest BCUT2D eigenvalue weighted by Crippen LogP contribution is -1.66. The maximum Gasteiger partial charge on any atom is 0.0406 e. The summed E-state index contributed by atoms with van der Waals surface area (Å²) in [5.74, 6) is 0. The van der Waals surface area contributed by atoms with Gasteiger partial charge in [-0.25, -0.2) is 0 Å². The van der Waals surface area contributed by atoms with Crippen molar-refractivity contribution in [3.8, 4) is 0 Å². The van der Waals surface area contributed by atoms with Crippen LogP contribution in [0.5, 0.6) is 0 Å². The van der Waals surface area contributed by atoms with E-state index in [1.165, 1.54) is 5.56 Å². The highest BCUT2D eigenvalue weighted by atomic mass is 35.5. The number of benzene rings is 1. The van der Waals surface area contributed by atoms with E-state index < -0.39 is 0 Å². The molecule has 0 radical (unpaired) electrons. The van der Waals surface area contributed by atoms with Crippen LogP contribution in [0.15, 0.2) is 24.3 Å². The van der Waals surface area contributed by atoms with Gasteiger partial charge < -0.3 is 4.74 Å². The Balaban J connectivity index is 0.000000292. The van der Waals surface area contributed by atoms with Crippen LogP contribution in [-0.2, 0) is 4.74 Å². The third-order valence-electron chi connectivity index (χ3n) is 1.01. The molecule has 0 fully saturated rings. The summed E-state index contributed by atoms with van der Waals surface area (Å²) >= 11 is 5.61. The quantitative estimate of drug-likeness (QED) is 0.585. The Morgan fingerprint density at radius 1 is 1.09 bits per heavy atom. The summed E-state index contributed by atoms with van der Waals surface area (Å²) in [6, 6.07) is 7.75. The van der Waals surface area contributed by atoms with Crippen molar-refractivity contribution in [2.75, 3.05) is 14.2 Å². The maximum atomic E-state index is 5.61. The van der Waals surface area contributed by atoms with Crippen LogP contribution >= 0.6 is 11.6 Å². The first-order chi connectivity index (χ1) is 5.20. The van der Waals surface area contributed by atoms with E-state index in [1.54, 1.807) is 14.2 Å². The van der Waals surface area contributed by atoms with Gasteiger partial charge >= 0.3 is 0 Å². The van der Waals surface area contributed by atoms with Crippen molar-refractivity contribution in [1.82, 2.24) is 0 Å². The summed E-state index contributed by atoms with van der Waals surface area (Å²) in [6.45, 7) is 2.04. The first-order valence-electron chi connectivity index (χ1n) is 3.33. The molecule has 1 aromatic rings. The standard InChI is InChI=1S/C7H7Cl.C2H6O/c1-6-2-4-7(8)5-3-6;1-3-2/h2-5H,1H3;1-2H3. The molecule has 0 N–H and O–H groups in total. The molecule has 2 heteroatoms. The van der Waals surface area contributed by atoms with Gasteiger partial charge in [0.05, 0.1) is 0 Å². The molecule has 0 bridgehead atoms. The lowest BCUT2D eigenvalue weighted by atomic mass is 10.2. The van der Waals surface area contributed by atoms with Gasteiger partial charge in [0.25, 0.3) is 0 Å². The zero-order valence-corrected chi connectivity index (χ0v) is 7.85. The molecule has 1 rings (SSSR count). The highest BCUT2D eigenvalue weighted by molar-refractivity contribution is 6.30. The molecule has 0 aliphatic carbocycles. The molecule has 0 atom stereocenters. The van der Waals surface area contributed by atoms with Gasteiger partial charge in [-0.05, 0) is 19.1 Å². The molecule has 0 spiro atoms.